The average Bonchev–Trinajstić information content (AvgIpc) is 2.34. The lowest BCUT2D eigenvalue weighted by Crippen LogP contribution is -2.53. The molecule has 0 aliphatic carbocycles. The van der Waals surface area contributed by atoms with Crippen LogP contribution in [-0.4, -0.2) is 64.8 Å². The second-order valence-electron chi connectivity index (χ2n) is 4.48. The van der Waals surface area contributed by atoms with E-state index in [1.54, 1.807) is 14.0 Å². The molecule has 8 nitrogen and oxygen atoms in total. The van der Waals surface area contributed by atoms with Gasteiger partial charge in [0.1, 0.15) is 6.04 Å². The molecule has 0 saturated heterocycles. The van der Waals surface area contributed by atoms with Gasteiger partial charge in [-0.1, -0.05) is 0 Å². The largest absolute Gasteiger partial charge is 0.479 e. The number of carbonyl (C=O) groups is 3. The van der Waals surface area contributed by atoms with Crippen molar-refractivity contribution in [1.82, 2.24) is 15.5 Å². The molecule has 0 aliphatic heterocycles. The van der Waals surface area contributed by atoms with Gasteiger partial charge in [0.2, 0.25) is 5.91 Å². The third-order valence-corrected chi connectivity index (χ3v) is 2.62. The Bertz CT molecular complexity index is 356. The van der Waals surface area contributed by atoms with Crippen LogP contribution in [0.3, 0.4) is 0 Å². The molecule has 4 N–H and O–H groups in total. The second-order valence-corrected chi connectivity index (χ2v) is 4.48. The molecule has 0 aromatic rings. The van der Waals surface area contributed by atoms with Crippen LogP contribution in [0.25, 0.3) is 0 Å². The van der Waals surface area contributed by atoms with E-state index in [1.165, 1.54) is 11.8 Å². The Hall–Kier alpha value is -1.83. The molecule has 0 spiro atoms. The number of rotatable bonds is 6. The summed E-state index contributed by atoms with van der Waals surface area (Å²) in [5.74, 6) is -1.70. The zero-order chi connectivity index (χ0) is 15.2. The number of hydrogen-bond acceptors (Lipinski definition) is 4. The van der Waals surface area contributed by atoms with Gasteiger partial charge in [-0.2, -0.15) is 0 Å². The Balaban J connectivity index is 4.26. The molecule has 0 aromatic carbocycles. The van der Waals surface area contributed by atoms with Crippen molar-refractivity contribution in [2.24, 2.45) is 0 Å². The molecule has 3 amide bonds. The Labute approximate surface area is 111 Å². The van der Waals surface area contributed by atoms with E-state index >= 15 is 0 Å². The smallest absolute Gasteiger partial charge is 0.337 e. The minimum atomic E-state index is -2.05. The van der Waals surface area contributed by atoms with E-state index in [2.05, 4.69) is 10.6 Å². The standard InChI is InChI=1S/C11H21N3O5/c1-5-14(4)8(15)7(2)13-10(18)12-6-11(3,19)9(16)17/h7,19H,5-6H2,1-4H3,(H,16,17)(H2,12,13,18). The third-order valence-electron chi connectivity index (χ3n) is 2.62. The number of likely N-dealkylation sites (N-methyl/N-ethyl adjacent to an activating group) is 1. The van der Waals surface area contributed by atoms with E-state index in [9.17, 15) is 19.5 Å². The van der Waals surface area contributed by atoms with Crippen molar-refractivity contribution >= 4 is 17.9 Å². The number of carbonyl (C=O) groups excluding carboxylic acids is 2. The summed E-state index contributed by atoms with van der Waals surface area (Å²) in [5, 5.41) is 22.6. The van der Waals surface area contributed by atoms with E-state index in [0.717, 1.165) is 6.92 Å². The number of nitrogens with one attached hydrogen (secondary N) is 2. The fourth-order valence-electron chi connectivity index (χ4n) is 1.12. The molecule has 0 heterocycles. The summed E-state index contributed by atoms with van der Waals surface area (Å²) in [6, 6.07) is -1.45. The molecule has 0 fully saturated rings. The number of carboxylic acids is 1. The summed E-state index contributed by atoms with van der Waals surface area (Å²) in [7, 11) is 1.60. The first kappa shape index (κ1) is 17.2. The van der Waals surface area contributed by atoms with Crippen molar-refractivity contribution in [2.45, 2.75) is 32.4 Å². The van der Waals surface area contributed by atoms with Gasteiger partial charge in [0, 0.05) is 13.6 Å². The number of urea groups is 1. The molecule has 0 saturated carbocycles. The maximum atomic E-state index is 11.7. The van der Waals surface area contributed by atoms with Crippen LogP contribution in [0.1, 0.15) is 20.8 Å². The predicted octanol–water partition coefficient (Wildman–Crippen LogP) is -1.01. The Kier molecular flexibility index (Phi) is 6.26. The minimum absolute atomic E-state index is 0.261. The fourth-order valence-corrected chi connectivity index (χ4v) is 1.12. The van der Waals surface area contributed by atoms with Gasteiger partial charge in [0.25, 0.3) is 0 Å². The van der Waals surface area contributed by atoms with Gasteiger partial charge in [0.05, 0.1) is 6.54 Å². The zero-order valence-electron chi connectivity index (χ0n) is 11.6. The number of amides is 3. The van der Waals surface area contributed by atoms with Crippen LogP contribution in [0.15, 0.2) is 0 Å². The predicted molar refractivity (Wildman–Crippen MR) is 67.6 cm³/mol. The molecule has 0 bridgehead atoms. The van der Waals surface area contributed by atoms with Gasteiger partial charge in [-0.3, -0.25) is 4.79 Å². The van der Waals surface area contributed by atoms with Crippen molar-refractivity contribution in [3.05, 3.63) is 0 Å². The highest BCUT2D eigenvalue weighted by molar-refractivity contribution is 5.87. The van der Waals surface area contributed by atoms with Gasteiger partial charge < -0.3 is 25.7 Å². The summed E-state index contributed by atoms with van der Waals surface area (Å²) < 4.78 is 0. The number of aliphatic carboxylic acids is 1. The highest BCUT2D eigenvalue weighted by Gasteiger charge is 2.30. The number of carboxylic acid groups (broad SMARTS) is 1. The molecule has 2 atom stereocenters. The normalized spacial score (nSPS) is 15.0. The Morgan fingerprint density at radius 3 is 2.32 bits per heavy atom. The Morgan fingerprint density at radius 1 is 1.37 bits per heavy atom. The highest BCUT2D eigenvalue weighted by atomic mass is 16.4. The molecular weight excluding hydrogens is 254 g/mol. The molecular formula is C11H21N3O5. The quantitative estimate of drug-likeness (QED) is 0.495. The van der Waals surface area contributed by atoms with Gasteiger partial charge in [-0.25, -0.2) is 9.59 Å². The molecule has 110 valence electrons. The zero-order valence-corrected chi connectivity index (χ0v) is 11.6. The van der Waals surface area contributed by atoms with E-state index < -0.39 is 30.2 Å². The van der Waals surface area contributed by atoms with E-state index in [0.29, 0.717) is 6.54 Å². The van der Waals surface area contributed by atoms with Gasteiger partial charge in [0.15, 0.2) is 5.60 Å². The molecule has 2 unspecified atom stereocenters. The molecule has 0 aromatic heterocycles. The summed E-state index contributed by atoms with van der Waals surface area (Å²) in [6.07, 6.45) is 0. The van der Waals surface area contributed by atoms with E-state index in [4.69, 9.17) is 5.11 Å². The minimum Gasteiger partial charge on any atom is -0.479 e. The first-order valence-corrected chi connectivity index (χ1v) is 5.87. The maximum Gasteiger partial charge on any atom is 0.337 e. The van der Waals surface area contributed by atoms with Crippen molar-refractivity contribution in [2.75, 3.05) is 20.1 Å². The molecule has 0 radical (unpaired) electrons. The van der Waals surface area contributed by atoms with Crippen LogP contribution in [-0.2, 0) is 9.59 Å². The Morgan fingerprint density at radius 2 is 1.89 bits per heavy atom. The van der Waals surface area contributed by atoms with Gasteiger partial charge in [-0.15, -0.1) is 0 Å². The summed E-state index contributed by atoms with van der Waals surface area (Å²) in [4.78, 5) is 35.2. The van der Waals surface area contributed by atoms with Crippen LogP contribution >= 0.6 is 0 Å². The first-order chi connectivity index (χ1) is 8.61. The maximum absolute atomic E-state index is 11.7. The lowest BCUT2D eigenvalue weighted by atomic mass is 10.1. The monoisotopic (exact) mass is 275 g/mol. The van der Waals surface area contributed by atoms with Crippen LogP contribution in [0.2, 0.25) is 0 Å². The lowest BCUT2D eigenvalue weighted by molar-refractivity contribution is -0.155. The van der Waals surface area contributed by atoms with Crippen molar-refractivity contribution in [3.8, 4) is 0 Å². The van der Waals surface area contributed by atoms with Gasteiger partial charge >= 0.3 is 12.0 Å². The van der Waals surface area contributed by atoms with E-state index in [-0.39, 0.29) is 5.91 Å². The highest BCUT2D eigenvalue weighted by Crippen LogP contribution is 2.00. The molecule has 8 heteroatoms. The molecule has 19 heavy (non-hydrogen) atoms. The number of hydrogen-bond donors (Lipinski definition) is 4. The average molecular weight is 275 g/mol. The number of nitrogens with zero attached hydrogens (tertiary/aromatic N) is 1. The van der Waals surface area contributed by atoms with Crippen LogP contribution in [0.5, 0.6) is 0 Å². The summed E-state index contributed by atoms with van der Waals surface area (Å²) >= 11 is 0. The van der Waals surface area contributed by atoms with Crippen LogP contribution in [0, 0.1) is 0 Å². The molecule has 0 aliphatic rings. The summed E-state index contributed by atoms with van der Waals surface area (Å²) in [5.41, 5.74) is -2.05. The second kappa shape index (κ2) is 6.93. The summed E-state index contributed by atoms with van der Waals surface area (Å²) in [6.45, 7) is 4.44. The third kappa shape index (κ3) is 5.56. The lowest BCUT2D eigenvalue weighted by Gasteiger charge is -2.22. The van der Waals surface area contributed by atoms with Crippen LogP contribution < -0.4 is 10.6 Å². The topological polar surface area (TPSA) is 119 Å². The molecule has 0 rings (SSSR count). The van der Waals surface area contributed by atoms with Gasteiger partial charge in [-0.05, 0) is 20.8 Å². The van der Waals surface area contributed by atoms with Crippen molar-refractivity contribution < 1.29 is 24.6 Å². The van der Waals surface area contributed by atoms with E-state index in [1.807, 2.05) is 0 Å². The number of aliphatic hydroxyl groups is 1. The first-order valence-electron chi connectivity index (χ1n) is 5.87. The fraction of sp³-hybridized carbons (Fsp3) is 0.727. The van der Waals surface area contributed by atoms with Crippen molar-refractivity contribution in [1.29, 1.82) is 0 Å². The van der Waals surface area contributed by atoms with Crippen LogP contribution in [0.4, 0.5) is 4.79 Å². The van der Waals surface area contributed by atoms with Crippen molar-refractivity contribution in [3.63, 3.8) is 0 Å². The SMILES string of the molecule is CCN(C)C(=O)C(C)NC(=O)NCC(C)(O)C(=O)O.